The molecule has 5 heteroatoms. The first kappa shape index (κ1) is 12.3. The third-order valence-corrected chi connectivity index (χ3v) is 4.75. The van der Waals surface area contributed by atoms with Crippen LogP contribution in [0.3, 0.4) is 0 Å². The molecule has 1 aliphatic rings. The lowest BCUT2D eigenvalue weighted by Gasteiger charge is -2.24. The summed E-state index contributed by atoms with van der Waals surface area (Å²) in [6.07, 6.45) is 2.89. The van der Waals surface area contributed by atoms with Crippen molar-refractivity contribution in [2.45, 2.75) is 6.42 Å². The van der Waals surface area contributed by atoms with Crippen LogP contribution in [0.1, 0.15) is 11.1 Å². The van der Waals surface area contributed by atoms with Crippen LogP contribution in [-0.4, -0.2) is 30.4 Å². The second-order valence-electron chi connectivity index (χ2n) is 3.64. The highest BCUT2D eigenvalue weighted by Gasteiger charge is 2.46. The molecule has 1 aromatic carbocycles. The van der Waals surface area contributed by atoms with Gasteiger partial charge in [0.1, 0.15) is 5.76 Å². The molecule has 1 aliphatic carbocycles. The Morgan fingerprint density at radius 1 is 1.00 bits per heavy atom. The van der Waals surface area contributed by atoms with E-state index in [-0.39, 0.29) is 0 Å². The van der Waals surface area contributed by atoms with Gasteiger partial charge < -0.3 is 17.7 Å². The van der Waals surface area contributed by atoms with Crippen LogP contribution < -0.4 is 0 Å². The molecule has 0 saturated carbocycles. The van der Waals surface area contributed by atoms with Crippen molar-refractivity contribution < 1.29 is 17.7 Å². The molecule has 0 N–H and O–H groups in total. The number of hydrogen-bond donors (Lipinski definition) is 0. The summed E-state index contributed by atoms with van der Waals surface area (Å²) in [5.74, 6) is 0.776. The van der Waals surface area contributed by atoms with Crippen molar-refractivity contribution in [3.63, 3.8) is 0 Å². The predicted octanol–water partition coefficient (Wildman–Crippen LogP) is 1.97. The molecule has 1 aromatic rings. The summed E-state index contributed by atoms with van der Waals surface area (Å²) < 4.78 is 21.5. The number of benzene rings is 1. The minimum Gasteiger partial charge on any atom is -0.480 e. The van der Waals surface area contributed by atoms with Crippen molar-refractivity contribution in [2.24, 2.45) is 0 Å². The molecular weight excluding hydrogens is 236 g/mol. The fourth-order valence-electron chi connectivity index (χ4n) is 1.86. The molecule has 0 amide bonds. The molecular formula is C12H16O4Si. The average Bonchev–Trinajstić information content (AvgIpc) is 2.79. The Kier molecular flexibility index (Phi) is 3.63. The topological polar surface area (TPSA) is 36.9 Å². The van der Waals surface area contributed by atoms with Crippen LogP contribution in [0, 0.1) is 0 Å². The fourth-order valence-corrected chi connectivity index (χ4v) is 3.07. The molecule has 0 spiro atoms. The molecule has 0 saturated heterocycles. The zero-order chi connectivity index (χ0) is 12.3. The first-order valence-electron chi connectivity index (χ1n) is 5.37. The van der Waals surface area contributed by atoms with Crippen LogP contribution in [0.5, 0.6) is 0 Å². The van der Waals surface area contributed by atoms with E-state index < -0.39 is 9.05 Å². The van der Waals surface area contributed by atoms with Crippen LogP contribution in [0.4, 0.5) is 0 Å². The Hall–Kier alpha value is -1.14. The van der Waals surface area contributed by atoms with Crippen molar-refractivity contribution in [2.75, 3.05) is 21.3 Å². The summed E-state index contributed by atoms with van der Waals surface area (Å²) in [6, 6.07) is 8.10. The summed E-state index contributed by atoms with van der Waals surface area (Å²) in [5.41, 5.74) is 2.32. The maximum Gasteiger partial charge on any atom is 0.748 e. The zero-order valence-corrected chi connectivity index (χ0v) is 11.2. The number of rotatable bonds is 5. The molecule has 0 unspecified atom stereocenters. The van der Waals surface area contributed by atoms with Crippen LogP contribution in [0.2, 0.25) is 0 Å². The fraction of sp³-hybridized carbons (Fsp3) is 0.333. The molecule has 0 atom stereocenters. The third kappa shape index (κ3) is 2.27. The van der Waals surface area contributed by atoms with E-state index >= 15 is 0 Å². The van der Waals surface area contributed by atoms with E-state index in [1.165, 1.54) is 26.9 Å². The Labute approximate surface area is 102 Å². The van der Waals surface area contributed by atoms with E-state index in [0.29, 0.717) is 0 Å². The molecule has 0 aliphatic heterocycles. The van der Waals surface area contributed by atoms with E-state index in [1.54, 1.807) is 0 Å². The Morgan fingerprint density at radius 3 is 2.29 bits per heavy atom. The van der Waals surface area contributed by atoms with Gasteiger partial charge >= 0.3 is 9.05 Å². The summed E-state index contributed by atoms with van der Waals surface area (Å²) in [5, 5.41) is 0. The lowest BCUT2D eigenvalue weighted by Crippen LogP contribution is -2.45. The van der Waals surface area contributed by atoms with Gasteiger partial charge in [-0.2, -0.15) is 0 Å². The quantitative estimate of drug-likeness (QED) is 0.751. The van der Waals surface area contributed by atoms with Gasteiger partial charge in [0.05, 0.1) is 0 Å². The molecule has 0 aromatic heterocycles. The standard InChI is InChI=1S/C12H16O4Si/c1-13-17(14-2,15-3)16-12-9-8-10-6-4-5-7-11(10)12/h4-7,9H,8H2,1-3H3. The van der Waals surface area contributed by atoms with Gasteiger partial charge in [-0.05, 0) is 18.1 Å². The predicted molar refractivity (Wildman–Crippen MR) is 66.0 cm³/mol. The van der Waals surface area contributed by atoms with Gasteiger partial charge in [-0.1, -0.05) is 24.3 Å². The van der Waals surface area contributed by atoms with Crippen LogP contribution in [0.25, 0.3) is 5.76 Å². The van der Waals surface area contributed by atoms with Crippen LogP contribution in [0.15, 0.2) is 30.3 Å². The third-order valence-electron chi connectivity index (χ3n) is 2.78. The highest BCUT2D eigenvalue weighted by molar-refractivity contribution is 6.54. The largest absolute Gasteiger partial charge is 0.748 e. The first-order valence-corrected chi connectivity index (χ1v) is 7.01. The highest BCUT2D eigenvalue weighted by Crippen LogP contribution is 2.30. The van der Waals surface area contributed by atoms with Gasteiger partial charge in [-0.25, -0.2) is 0 Å². The van der Waals surface area contributed by atoms with Crippen molar-refractivity contribution in [3.8, 4) is 0 Å². The summed E-state index contributed by atoms with van der Waals surface area (Å²) in [7, 11) is 1.57. The number of fused-ring (bicyclic) bond motifs is 1. The Bertz CT molecular complexity index is 418. The number of allylic oxidation sites excluding steroid dienone is 1. The van der Waals surface area contributed by atoms with Crippen LogP contribution in [-0.2, 0) is 24.1 Å². The van der Waals surface area contributed by atoms with E-state index in [2.05, 4.69) is 6.07 Å². The summed E-state index contributed by atoms with van der Waals surface area (Å²) in [6.45, 7) is 0. The minimum atomic E-state index is -3.02. The molecule has 0 radical (unpaired) electrons. The molecule has 2 rings (SSSR count). The average molecular weight is 252 g/mol. The second-order valence-corrected chi connectivity index (χ2v) is 6.07. The van der Waals surface area contributed by atoms with Crippen molar-refractivity contribution >= 4 is 14.8 Å². The van der Waals surface area contributed by atoms with E-state index in [1.807, 2.05) is 24.3 Å². The Morgan fingerprint density at radius 2 is 1.65 bits per heavy atom. The van der Waals surface area contributed by atoms with Gasteiger partial charge in [0.25, 0.3) is 0 Å². The molecule has 0 heterocycles. The number of hydrogen-bond acceptors (Lipinski definition) is 4. The maximum atomic E-state index is 5.81. The zero-order valence-electron chi connectivity index (χ0n) is 10.2. The molecule has 0 fully saturated rings. The minimum absolute atomic E-state index is 0.776. The van der Waals surface area contributed by atoms with Gasteiger partial charge in [-0.3, -0.25) is 0 Å². The van der Waals surface area contributed by atoms with E-state index in [9.17, 15) is 0 Å². The maximum absolute atomic E-state index is 5.81. The van der Waals surface area contributed by atoms with Gasteiger partial charge in [-0.15, -0.1) is 0 Å². The summed E-state index contributed by atoms with van der Waals surface area (Å²) in [4.78, 5) is 0. The lowest BCUT2D eigenvalue weighted by atomic mass is 10.1. The second kappa shape index (κ2) is 5.01. The molecule has 4 nitrogen and oxygen atoms in total. The highest BCUT2D eigenvalue weighted by atomic mass is 28.4. The molecule has 0 bridgehead atoms. The monoisotopic (exact) mass is 252 g/mol. The van der Waals surface area contributed by atoms with Crippen molar-refractivity contribution in [3.05, 3.63) is 41.5 Å². The Balaban J connectivity index is 2.21. The van der Waals surface area contributed by atoms with E-state index in [0.717, 1.165) is 17.7 Å². The van der Waals surface area contributed by atoms with Gasteiger partial charge in [0.2, 0.25) is 0 Å². The summed E-state index contributed by atoms with van der Waals surface area (Å²) >= 11 is 0. The van der Waals surface area contributed by atoms with Crippen molar-refractivity contribution in [1.29, 1.82) is 0 Å². The van der Waals surface area contributed by atoms with Gasteiger partial charge in [0.15, 0.2) is 0 Å². The van der Waals surface area contributed by atoms with E-state index in [4.69, 9.17) is 17.7 Å². The molecule has 92 valence electrons. The first-order chi connectivity index (χ1) is 8.24. The van der Waals surface area contributed by atoms with Gasteiger partial charge in [0, 0.05) is 26.9 Å². The van der Waals surface area contributed by atoms with Crippen molar-refractivity contribution in [1.82, 2.24) is 0 Å². The SMILES string of the molecule is CO[Si](OC)(OC)OC1=CCc2ccccc21. The molecule has 17 heavy (non-hydrogen) atoms. The smallest absolute Gasteiger partial charge is 0.480 e. The normalized spacial score (nSPS) is 14.4. The lowest BCUT2D eigenvalue weighted by molar-refractivity contribution is 0.0413. The van der Waals surface area contributed by atoms with Crippen LogP contribution >= 0.6 is 0 Å².